The second kappa shape index (κ2) is 6.23. The summed E-state index contributed by atoms with van der Waals surface area (Å²) in [4.78, 5) is 15.1. The number of aromatic nitrogens is 1. The van der Waals surface area contributed by atoms with Crippen LogP contribution >= 0.6 is 0 Å². The maximum Gasteiger partial charge on any atom is 0.183 e. The highest BCUT2D eigenvalue weighted by Gasteiger charge is 2.22. The predicted octanol–water partition coefficient (Wildman–Crippen LogP) is 4.32. The molecular formula is C20H26N2O. The Balaban J connectivity index is 1.85. The third kappa shape index (κ3) is 2.92. The van der Waals surface area contributed by atoms with Gasteiger partial charge in [0.25, 0.3) is 0 Å². The molecule has 0 unspecified atom stereocenters. The fraction of sp³-hybridized carbons (Fsp3) is 0.450. The molecule has 2 heterocycles. The maximum atomic E-state index is 12.9. The smallest absolute Gasteiger partial charge is 0.183 e. The number of carbonyl (C=O) groups excluding carboxylic acids is 1. The quantitative estimate of drug-likeness (QED) is 0.786. The van der Waals surface area contributed by atoms with Crippen molar-refractivity contribution in [2.75, 3.05) is 18.0 Å². The molecule has 0 saturated heterocycles. The van der Waals surface area contributed by atoms with Gasteiger partial charge in [0.05, 0.1) is 6.54 Å². The lowest BCUT2D eigenvalue weighted by atomic mass is 10.0. The maximum absolute atomic E-state index is 12.9. The Morgan fingerprint density at radius 2 is 1.96 bits per heavy atom. The van der Waals surface area contributed by atoms with Crippen molar-refractivity contribution in [3.8, 4) is 0 Å². The van der Waals surface area contributed by atoms with Gasteiger partial charge in [-0.2, -0.15) is 0 Å². The van der Waals surface area contributed by atoms with Gasteiger partial charge in [-0.1, -0.05) is 18.2 Å². The summed E-state index contributed by atoms with van der Waals surface area (Å²) < 4.78 is 2.25. The summed E-state index contributed by atoms with van der Waals surface area (Å²) in [6, 6.07) is 10.9. The molecule has 1 aliphatic heterocycles. The van der Waals surface area contributed by atoms with Gasteiger partial charge >= 0.3 is 0 Å². The number of ketones is 1. The molecule has 23 heavy (non-hydrogen) atoms. The van der Waals surface area contributed by atoms with Crippen LogP contribution in [0.3, 0.4) is 0 Å². The number of aryl methyl sites for hydroxylation is 2. The van der Waals surface area contributed by atoms with Crippen molar-refractivity contribution in [3.63, 3.8) is 0 Å². The second-order valence-electron chi connectivity index (χ2n) is 6.83. The zero-order valence-electron chi connectivity index (χ0n) is 14.6. The Labute approximate surface area is 138 Å². The lowest BCUT2D eigenvalue weighted by molar-refractivity contribution is 0.0998. The Morgan fingerprint density at radius 3 is 2.65 bits per heavy atom. The summed E-state index contributed by atoms with van der Waals surface area (Å²) in [5.74, 6) is 0.224. The van der Waals surface area contributed by atoms with Crippen LogP contribution in [0.4, 0.5) is 5.69 Å². The molecule has 0 radical (unpaired) electrons. The Hall–Kier alpha value is -2.03. The monoisotopic (exact) mass is 310 g/mol. The van der Waals surface area contributed by atoms with Crippen molar-refractivity contribution in [3.05, 3.63) is 52.8 Å². The number of Topliss-reactive ketones (excluding diaryl/α,β-unsaturated/α-hetero) is 1. The summed E-state index contributed by atoms with van der Waals surface area (Å²) in [7, 11) is 0. The van der Waals surface area contributed by atoms with Crippen molar-refractivity contribution in [2.45, 2.75) is 46.6 Å². The number of carbonyl (C=O) groups is 1. The van der Waals surface area contributed by atoms with Gasteiger partial charge in [-0.25, -0.2) is 0 Å². The van der Waals surface area contributed by atoms with Crippen molar-refractivity contribution < 1.29 is 4.79 Å². The van der Waals surface area contributed by atoms with Crippen LogP contribution in [0.2, 0.25) is 0 Å². The van der Waals surface area contributed by atoms with Crippen molar-refractivity contribution >= 4 is 11.5 Å². The summed E-state index contributed by atoms with van der Waals surface area (Å²) in [5.41, 5.74) is 5.72. The minimum atomic E-state index is 0.224. The van der Waals surface area contributed by atoms with Crippen LogP contribution < -0.4 is 4.90 Å². The van der Waals surface area contributed by atoms with Crippen molar-refractivity contribution in [1.82, 2.24) is 4.57 Å². The summed E-state index contributed by atoms with van der Waals surface area (Å²) >= 11 is 0. The fourth-order valence-electron chi connectivity index (χ4n) is 3.89. The lowest BCUT2D eigenvalue weighted by Crippen LogP contribution is -2.34. The molecule has 122 valence electrons. The number of rotatable bonds is 4. The lowest BCUT2D eigenvalue weighted by Gasteiger charge is -2.30. The van der Waals surface area contributed by atoms with E-state index in [1.165, 1.54) is 16.9 Å². The number of hydrogen-bond acceptors (Lipinski definition) is 2. The Bertz CT molecular complexity index is 727. The van der Waals surface area contributed by atoms with E-state index < -0.39 is 0 Å². The van der Waals surface area contributed by atoms with Crippen LogP contribution in [0, 0.1) is 13.8 Å². The summed E-state index contributed by atoms with van der Waals surface area (Å²) in [6.45, 7) is 9.90. The zero-order chi connectivity index (χ0) is 16.6. The second-order valence-corrected chi connectivity index (χ2v) is 6.83. The first-order valence-corrected chi connectivity index (χ1v) is 8.53. The van der Waals surface area contributed by atoms with E-state index in [4.69, 9.17) is 0 Å². The molecule has 3 rings (SSSR count). The largest absolute Gasteiger partial charge is 0.364 e. The molecule has 3 nitrogen and oxygen atoms in total. The van der Waals surface area contributed by atoms with E-state index in [2.05, 4.69) is 61.4 Å². The number of fused-ring (bicyclic) bond motifs is 1. The van der Waals surface area contributed by atoms with Crippen LogP contribution in [0.5, 0.6) is 0 Å². The van der Waals surface area contributed by atoms with Crippen LogP contribution in [-0.4, -0.2) is 23.4 Å². The van der Waals surface area contributed by atoms with Crippen LogP contribution in [0.15, 0.2) is 30.3 Å². The zero-order valence-corrected chi connectivity index (χ0v) is 14.6. The van der Waals surface area contributed by atoms with Crippen molar-refractivity contribution in [1.29, 1.82) is 0 Å². The van der Waals surface area contributed by atoms with Gasteiger partial charge in [0.1, 0.15) is 0 Å². The molecule has 0 amide bonds. The number of hydrogen-bond donors (Lipinski definition) is 0. The van der Waals surface area contributed by atoms with Gasteiger partial charge in [-0.05, 0) is 58.2 Å². The fourth-order valence-corrected chi connectivity index (χ4v) is 3.89. The number of benzene rings is 1. The topological polar surface area (TPSA) is 25.2 Å². The molecule has 0 spiro atoms. The number of anilines is 1. The molecule has 0 bridgehead atoms. The van der Waals surface area contributed by atoms with E-state index in [9.17, 15) is 4.79 Å². The minimum absolute atomic E-state index is 0.224. The standard InChI is InChI=1S/C20H26N2O/c1-14(2)22-15(3)12-18(16(22)4)20(23)13-21-11-7-9-17-8-5-6-10-19(17)21/h5-6,8,10,12,14H,7,9,11,13H2,1-4H3. The van der Waals surface area contributed by atoms with Crippen molar-refractivity contribution in [2.24, 2.45) is 0 Å². The average Bonchev–Trinajstić information content (AvgIpc) is 2.82. The molecular weight excluding hydrogens is 284 g/mol. The van der Waals surface area contributed by atoms with Gasteiger partial charge in [-0.3, -0.25) is 4.79 Å². The predicted molar refractivity (Wildman–Crippen MR) is 95.6 cm³/mol. The third-order valence-electron chi connectivity index (χ3n) is 4.84. The van der Waals surface area contributed by atoms with Crippen LogP contribution in [0.25, 0.3) is 0 Å². The average molecular weight is 310 g/mol. The van der Waals surface area contributed by atoms with Gasteiger partial charge in [0.15, 0.2) is 5.78 Å². The highest BCUT2D eigenvalue weighted by Crippen LogP contribution is 2.27. The van der Waals surface area contributed by atoms with Crippen LogP contribution in [-0.2, 0) is 6.42 Å². The SMILES string of the molecule is Cc1cc(C(=O)CN2CCCc3ccccc32)c(C)n1C(C)C. The first-order chi connectivity index (χ1) is 11.0. The third-order valence-corrected chi connectivity index (χ3v) is 4.84. The van der Waals surface area contributed by atoms with Gasteiger partial charge < -0.3 is 9.47 Å². The first kappa shape index (κ1) is 15.9. The van der Waals surface area contributed by atoms with E-state index >= 15 is 0 Å². The van der Waals surface area contributed by atoms with Gasteiger partial charge in [-0.15, -0.1) is 0 Å². The molecule has 0 fully saturated rings. The first-order valence-electron chi connectivity index (χ1n) is 8.53. The molecule has 3 heteroatoms. The highest BCUT2D eigenvalue weighted by atomic mass is 16.1. The molecule has 1 aliphatic rings. The minimum Gasteiger partial charge on any atom is -0.364 e. The van der Waals surface area contributed by atoms with E-state index in [0.29, 0.717) is 12.6 Å². The number of para-hydroxylation sites is 1. The Morgan fingerprint density at radius 1 is 1.22 bits per heavy atom. The van der Waals surface area contributed by atoms with E-state index in [0.717, 1.165) is 30.6 Å². The van der Waals surface area contributed by atoms with Crippen LogP contribution in [0.1, 0.15) is 53.6 Å². The molecule has 1 aromatic carbocycles. The molecule has 1 aromatic heterocycles. The molecule has 0 N–H and O–H groups in total. The highest BCUT2D eigenvalue weighted by molar-refractivity contribution is 6.00. The molecule has 2 aromatic rings. The van der Waals surface area contributed by atoms with E-state index in [-0.39, 0.29) is 5.78 Å². The van der Waals surface area contributed by atoms with E-state index in [1.807, 2.05) is 6.07 Å². The summed E-state index contributed by atoms with van der Waals surface area (Å²) in [6.07, 6.45) is 2.23. The van der Waals surface area contributed by atoms with Gasteiger partial charge in [0.2, 0.25) is 0 Å². The van der Waals surface area contributed by atoms with E-state index in [1.54, 1.807) is 0 Å². The van der Waals surface area contributed by atoms with Gasteiger partial charge in [0, 0.05) is 35.2 Å². The normalized spacial score (nSPS) is 14.2. The molecule has 0 saturated carbocycles. The summed E-state index contributed by atoms with van der Waals surface area (Å²) in [5, 5.41) is 0. The number of nitrogens with zero attached hydrogens (tertiary/aromatic N) is 2. The Kier molecular flexibility index (Phi) is 4.29. The molecule has 0 atom stereocenters. The molecule has 0 aliphatic carbocycles.